The van der Waals surface area contributed by atoms with Gasteiger partial charge in [-0.2, -0.15) is 0 Å². The molecule has 0 aromatic carbocycles. The fourth-order valence-corrected chi connectivity index (χ4v) is 2.21. The second-order valence-corrected chi connectivity index (χ2v) is 3.59. The summed E-state index contributed by atoms with van der Waals surface area (Å²) >= 11 is 1.36. The van der Waals surface area contributed by atoms with Crippen LogP contribution in [0.5, 0.6) is 5.75 Å². The summed E-state index contributed by atoms with van der Waals surface area (Å²) in [4.78, 5) is 11.2. The first-order valence-corrected chi connectivity index (χ1v) is 4.43. The van der Waals surface area contributed by atoms with Gasteiger partial charge in [0.25, 0.3) is 5.56 Å². The fourth-order valence-electron chi connectivity index (χ4n) is 1.18. The van der Waals surface area contributed by atoms with Gasteiger partial charge in [-0.15, -0.1) is 11.8 Å². The molecule has 5 heteroatoms. The Morgan fingerprint density at radius 3 is 3.08 bits per heavy atom. The number of rotatable bonds is 0. The molecule has 1 unspecified atom stereocenters. The van der Waals surface area contributed by atoms with Crippen LogP contribution in [0.25, 0.3) is 0 Å². The van der Waals surface area contributed by atoms with Gasteiger partial charge >= 0.3 is 0 Å². The highest BCUT2D eigenvalue weighted by Crippen LogP contribution is 2.31. The molecule has 0 spiro atoms. The maximum absolute atomic E-state index is 11.2. The van der Waals surface area contributed by atoms with Crippen molar-refractivity contribution >= 4 is 11.8 Å². The zero-order valence-electron chi connectivity index (χ0n) is 6.10. The summed E-state index contributed by atoms with van der Waals surface area (Å²) in [5.41, 5.74) is -0.359. The number of fused-ring (bicyclic) bond motifs is 1. The monoisotopic (exact) mass is 185 g/mol. The third-order valence-corrected chi connectivity index (χ3v) is 2.77. The Kier molecular flexibility index (Phi) is 1.62. The maximum atomic E-state index is 11.2. The van der Waals surface area contributed by atoms with Crippen LogP contribution in [0.1, 0.15) is 6.23 Å². The molecule has 0 radical (unpaired) electrons. The highest BCUT2D eigenvalue weighted by atomic mass is 32.2. The molecular weight excluding hydrogens is 178 g/mol. The van der Waals surface area contributed by atoms with Gasteiger partial charge in [0.15, 0.2) is 0 Å². The second kappa shape index (κ2) is 2.53. The number of pyridine rings is 1. The number of hydrogen-bond acceptors (Lipinski definition) is 4. The minimum atomic E-state index is -0.752. The van der Waals surface area contributed by atoms with Crippen molar-refractivity contribution in [1.82, 2.24) is 4.57 Å². The van der Waals surface area contributed by atoms with Gasteiger partial charge < -0.3 is 10.2 Å². The number of aliphatic hydroxyl groups excluding tert-OH is 1. The first-order valence-electron chi connectivity index (χ1n) is 3.45. The molecule has 1 aliphatic rings. The van der Waals surface area contributed by atoms with E-state index in [9.17, 15) is 9.90 Å². The van der Waals surface area contributed by atoms with Crippen LogP contribution in [-0.2, 0) is 0 Å². The normalized spacial score (nSPS) is 20.9. The average Bonchev–Trinajstić information content (AvgIpc) is 2.31. The average molecular weight is 185 g/mol. The standard InChI is InChI=1S/C7H7NO3S/c9-4-1-5(10)8-6(11)3-12-7(8)2-4/h1-2,6,9,11H,3H2. The lowest BCUT2D eigenvalue weighted by molar-refractivity contribution is 0.123. The second-order valence-electron chi connectivity index (χ2n) is 2.55. The van der Waals surface area contributed by atoms with Crippen molar-refractivity contribution in [3.05, 3.63) is 22.5 Å². The van der Waals surface area contributed by atoms with E-state index in [1.165, 1.54) is 22.4 Å². The molecule has 0 aliphatic carbocycles. The largest absolute Gasteiger partial charge is 0.508 e. The summed E-state index contributed by atoms with van der Waals surface area (Å²) in [6, 6.07) is 2.57. The van der Waals surface area contributed by atoms with E-state index in [-0.39, 0.29) is 11.3 Å². The van der Waals surface area contributed by atoms with E-state index in [2.05, 4.69) is 0 Å². The Balaban J connectivity index is 2.69. The van der Waals surface area contributed by atoms with E-state index in [1.807, 2.05) is 0 Å². The highest BCUT2D eigenvalue weighted by molar-refractivity contribution is 7.99. The van der Waals surface area contributed by atoms with E-state index >= 15 is 0 Å². The van der Waals surface area contributed by atoms with Gasteiger partial charge in [-0.1, -0.05) is 0 Å². The Bertz CT molecular complexity index is 373. The van der Waals surface area contributed by atoms with Gasteiger partial charge in [0, 0.05) is 17.9 Å². The molecular formula is C7H7NO3S. The minimum absolute atomic E-state index is 0.0483. The number of hydrogen-bond donors (Lipinski definition) is 2. The Hall–Kier alpha value is -0.940. The van der Waals surface area contributed by atoms with Crippen molar-refractivity contribution in [1.29, 1.82) is 0 Å². The van der Waals surface area contributed by atoms with E-state index in [0.717, 1.165) is 6.07 Å². The summed E-state index contributed by atoms with van der Waals surface area (Å²) in [6.45, 7) is 0. The quantitative estimate of drug-likeness (QED) is 0.604. The minimum Gasteiger partial charge on any atom is -0.508 e. The number of aromatic hydroxyl groups is 1. The first kappa shape index (κ1) is 7.70. The molecule has 1 aromatic heterocycles. The van der Waals surface area contributed by atoms with Crippen LogP contribution in [0, 0.1) is 0 Å². The van der Waals surface area contributed by atoms with Crippen molar-refractivity contribution in [3.8, 4) is 5.75 Å². The number of nitrogens with zero attached hydrogens (tertiary/aromatic N) is 1. The van der Waals surface area contributed by atoms with Gasteiger partial charge in [0.05, 0.1) is 5.03 Å². The molecule has 1 aromatic rings. The molecule has 12 heavy (non-hydrogen) atoms. The van der Waals surface area contributed by atoms with Crippen LogP contribution in [0.3, 0.4) is 0 Å². The number of aromatic nitrogens is 1. The summed E-state index contributed by atoms with van der Waals surface area (Å²) in [5.74, 6) is 0.423. The molecule has 0 saturated carbocycles. The lowest BCUT2D eigenvalue weighted by Crippen LogP contribution is -2.21. The third kappa shape index (κ3) is 1.02. The van der Waals surface area contributed by atoms with Crippen molar-refractivity contribution in [2.45, 2.75) is 11.3 Å². The SMILES string of the molecule is O=c1cc(O)cc2n1C(O)CS2. The first-order chi connectivity index (χ1) is 5.68. The van der Waals surface area contributed by atoms with Crippen LogP contribution < -0.4 is 5.56 Å². The highest BCUT2D eigenvalue weighted by Gasteiger charge is 2.21. The zero-order chi connectivity index (χ0) is 8.72. The van der Waals surface area contributed by atoms with Crippen molar-refractivity contribution in [2.24, 2.45) is 0 Å². The van der Waals surface area contributed by atoms with Crippen LogP contribution in [-0.4, -0.2) is 20.5 Å². The van der Waals surface area contributed by atoms with E-state index < -0.39 is 6.23 Å². The third-order valence-electron chi connectivity index (χ3n) is 1.70. The molecule has 2 N–H and O–H groups in total. The van der Waals surface area contributed by atoms with Crippen LogP contribution >= 0.6 is 11.8 Å². The summed E-state index contributed by atoms with van der Waals surface area (Å²) < 4.78 is 1.27. The molecule has 2 heterocycles. The molecule has 4 nitrogen and oxygen atoms in total. The summed E-state index contributed by atoms with van der Waals surface area (Å²) in [7, 11) is 0. The maximum Gasteiger partial charge on any atom is 0.257 e. The molecule has 1 aliphatic heterocycles. The fraction of sp³-hybridized carbons (Fsp3) is 0.286. The lowest BCUT2D eigenvalue weighted by atomic mass is 10.4. The number of aliphatic hydroxyl groups is 1. The topological polar surface area (TPSA) is 62.5 Å². The van der Waals surface area contributed by atoms with Gasteiger partial charge in [-0.05, 0) is 0 Å². The van der Waals surface area contributed by atoms with Crippen molar-refractivity contribution in [2.75, 3.05) is 5.75 Å². The Morgan fingerprint density at radius 2 is 2.33 bits per heavy atom. The van der Waals surface area contributed by atoms with Crippen molar-refractivity contribution in [3.63, 3.8) is 0 Å². The molecule has 0 bridgehead atoms. The van der Waals surface area contributed by atoms with E-state index in [0.29, 0.717) is 10.8 Å². The molecule has 0 saturated heterocycles. The van der Waals surface area contributed by atoms with Gasteiger partial charge in [0.2, 0.25) is 0 Å². The van der Waals surface area contributed by atoms with Crippen LogP contribution in [0.2, 0.25) is 0 Å². The van der Waals surface area contributed by atoms with E-state index in [4.69, 9.17) is 5.11 Å². The van der Waals surface area contributed by atoms with Crippen LogP contribution in [0.4, 0.5) is 0 Å². The predicted octanol–water partition coefficient (Wildman–Crippen LogP) is 0.150. The molecule has 64 valence electrons. The van der Waals surface area contributed by atoms with E-state index in [1.54, 1.807) is 0 Å². The van der Waals surface area contributed by atoms with Gasteiger partial charge in [0.1, 0.15) is 12.0 Å². The summed E-state index contributed by atoms with van der Waals surface area (Å²) in [6.07, 6.45) is -0.752. The molecule has 0 fully saturated rings. The number of thioether (sulfide) groups is 1. The molecule has 0 amide bonds. The molecule has 1 atom stereocenters. The lowest BCUT2D eigenvalue weighted by Gasteiger charge is -2.05. The Labute approximate surface area is 72.5 Å². The van der Waals surface area contributed by atoms with Gasteiger partial charge in [-0.3, -0.25) is 9.36 Å². The van der Waals surface area contributed by atoms with Gasteiger partial charge in [-0.25, -0.2) is 0 Å². The Morgan fingerprint density at radius 1 is 1.58 bits per heavy atom. The molecule has 2 rings (SSSR count). The smallest absolute Gasteiger partial charge is 0.257 e. The van der Waals surface area contributed by atoms with Crippen molar-refractivity contribution < 1.29 is 10.2 Å². The predicted molar refractivity (Wildman–Crippen MR) is 44.3 cm³/mol. The summed E-state index contributed by atoms with van der Waals surface area (Å²) in [5, 5.41) is 19.0. The zero-order valence-corrected chi connectivity index (χ0v) is 6.91. The van der Waals surface area contributed by atoms with Crippen LogP contribution in [0.15, 0.2) is 22.0 Å².